The number of aryl methyl sites for hydroxylation is 1. The van der Waals surface area contributed by atoms with Gasteiger partial charge in [0.2, 0.25) is 5.82 Å². The Morgan fingerprint density at radius 3 is 2.48 bits per heavy atom. The predicted octanol–water partition coefficient (Wildman–Crippen LogP) is 2.58. The molecule has 0 spiro atoms. The van der Waals surface area contributed by atoms with E-state index in [-0.39, 0.29) is 0 Å². The third kappa shape index (κ3) is 4.91. The van der Waals surface area contributed by atoms with Crippen LogP contribution < -0.4 is 16.1 Å². The molecule has 1 N–H and O–H groups in total. The maximum atomic E-state index is 13.3. The SMILES string of the molecule is O=c1[nH]c(=O)n(CCCCN2CCN(c3cccc(Cl)c3Cl)CC2)cc1F. The molecule has 0 saturated carbocycles. The van der Waals surface area contributed by atoms with Gasteiger partial charge in [0, 0.05) is 32.7 Å². The van der Waals surface area contributed by atoms with Gasteiger partial charge in [0.1, 0.15) is 0 Å². The number of halogens is 3. The molecular formula is C18H21Cl2FN4O2. The topological polar surface area (TPSA) is 61.3 Å². The van der Waals surface area contributed by atoms with E-state index in [1.54, 1.807) is 6.07 Å². The van der Waals surface area contributed by atoms with Crippen molar-refractivity contribution in [3.05, 3.63) is 61.1 Å². The molecule has 27 heavy (non-hydrogen) atoms. The van der Waals surface area contributed by atoms with Crippen molar-refractivity contribution < 1.29 is 4.39 Å². The van der Waals surface area contributed by atoms with E-state index in [9.17, 15) is 14.0 Å². The molecule has 2 aromatic rings. The fraction of sp³-hybridized carbons (Fsp3) is 0.444. The number of piperazine rings is 1. The number of aromatic nitrogens is 2. The first-order valence-corrected chi connectivity index (χ1v) is 9.62. The lowest BCUT2D eigenvalue weighted by molar-refractivity contribution is 0.251. The standard InChI is InChI=1S/C18H21Cl2FN4O2/c19-13-4-3-5-15(16(13)20)24-10-8-23(9-11-24)6-1-2-7-25-12-14(21)17(26)22-18(25)27/h3-5,12H,1-2,6-11H2,(H,22,26,27). The van der Waals surface area contributed by atoms with Gasteiger partial charge in [0.15, 0.2) is 0 Å². The first kappa shape index (κ1) is 19.9. The monoisotopic (exact) mass is 414 g/mol. The number of hydrogen-bond donors (Lipinski definition) is 1. The summed E-state index contributed by atoms with van der Waals surface area (Å²) in [5, 5.41) is 1.15. The number of H-pyrrole nitrogens is 1. The third-order valence-electron chi connectivity index (χ3n) is 4.73. The summed E-state index contributed by atoms with van der Waals surface area (Å²) in [7, 11) is 0. The highest BCUT2D eigenvalue weighted by Crippen LogP contribution is 2.32. The highest BCUT2D eigenvalue weighted by Gasteiger charge is 2.19. The van der Waals surface area contributed by atoms with E-state index in [1.807, 2.05) is 17.1 Å². The second kappa shape index (κ2) is 8.91. The quantitative estimate of drug-likeness (QED) is 0.737. The lowest BCUT2D eigenvalue weighted by atomic mass is 10.2. The number of rotatable bonds is 6. The lowest BCUT2D eigenvalue weighted by Crippen LogP contribution is -2.46. The van der Waals surface area contributed by atoms with Crippen LogP contribution in [0.5, 0.6) is 0 Å². The van der Waals surface area contributed by atoms with Gasteiger partial charge in [-0.3, -0.25) is 19.2 Å². The van der Waals surface area contributed by atoms with E-state index in [0.29, 0.717) is 16.6 Å². The Morgan fingerprint density at radius 1 is 1.04 bits per heavy atom. The maximum absolute atomic E-state index is 13.3. The Labute approximate surface area is 166 Å². The first-order valence-electron chi connectivity index (χ1n) is 8.86. The van der Waals surface area contributed by atoms with Gasteiger partial charge >= 0.3 is 5.69 Å². The van der Waals surface area contributed by atoms with Crippen LogP contribution in [0.3, 0.4) is 0 Å². The summed E-state index contributed by atoms with van der Waals surface area (Å²) in [5.74, 6) is -0.939. The summed E-state index contributed by atoms with van der Waals surface area (Å²) < 4.78 is 14.5. The minimum absolute atomic E-state index is 0.380. The van der Waals surface area contributed by atoms with Gasteiger partial charge in [0.25, 0.3) is 5.56 Å². The van der Waals surface area contributed by atoms with Crippen LogP contribution in [-0.4, -0.2) is 47.2 Å². The zero-order chi connectivity index (χ0) is 19.4. The molecule has 0 amide bonds. The Bertz CT molecular complexity index is 907. The van der Waals surface area contributed by atoms with Gasteiger partial charge in [-0.2, -0.15) is 4.39 Å². The van der Waals surface area contributed by atoms with Crippen LogP contribution in [0.1, 0.15) is 12.8 Å². The van der Waals surface area contributed by atoms with E-state index in [0.717, 1.165) is 57.4 Å². The van der Waals surface area contributed by atoms with Crippen LogP contribution in [0.4, 0.5) is 10.1 Å². The molecule has 2 heterocycles. The van der Waals surface area contributed by atoms with E-state index >= 15 is 0 Å². The second-order valence-corrected chi connectivity index (χ2v) is 7.32. The largest absolute Gasteiger partial charge is 0.368 e. The molecule has 1 aromatic carbocycles. The molecule has 146 valence electrons. The number of hydrogen-bond acceptors (Lipinski definition) is 4. The average Bonchev–Trinajstić information content (AvgIpc) is 2.65. The fourth-order valence-corrected chi connectivity index (χ4v) is 3.63. The van der Waals surface area contributed by atoms with Gasteiger partial charge in [-0.25, -0.2) is 4.79 Å². The zero-order valence-corrected chi connectivity index (χ0v) is 16.3. The maximum Gasteiger partial charge on any atom is 0.328 e. The average molecular weight is 415 g/mol. The number of unbranched alkanes of at least 4 members (excludes halogenated alkanes) is 1. The molecular weight excluding hydrogens is 394 g/mol. The van der Waals surface area contributed by atoms with Crippen LogP contribution in [-0.2, 0) is 6.54 Å². The van der Waals surface area contributed by atoms with Crippen molar-refractivity contribution in [3.63, 3.8) is 0 Å². The number of anilines is 1. The normalized spacial score (nSPS) is 15.3. The van der Waals surface area contributed by atoms with Crippen molar-refractivity contribution in [2.75, 3.05) is 37.6 Å². The Hall–Kier alpha value is -1.83. The van der Waals surface area contributed by atoms with Crippen molar-refractivity contribution in [3.8, 4) is 0 Å². The van der Waals surface area contributed by atoms with Crippen LogP contribution >= 0.6 is 23.2 Å². The molecule has 1 fully saturated rings. The van der Waals surface area contributed by atoms with Crippen LogP contribution in [0.25, 0.3) is 0 Å². The summed E-state index contributed by atoms with van der Waals surface area (Å²) in [6.45, 7) is 4.84. The number of aromatic amines is 1. The van der Waals surface area contributed by atoms with E-state index in [4.69, 9.17) is 23.2 Å². The van der Waals surface area contributed by atoms with Gasteiger partial charge < -0.3 is 4.90 Å². The molecule has 9 heteroatoms. The summed E-state index contributed by atoms with van der Waals surface area (Å²) >= 11 is 12.4. The van der Waals surface area contributed by atoms with Gasteiger partial charge in [-0.1, -0.05) is 29.3 Å². The minimum Gasteiger partial charge on any atom is -0.368 e. The van der Waals surface area contributed by atoms with Crippen molar-refractivity contribution in [1.29, 1.82) is 0 Å². The predicted molar refractivity (Wildman–Crippen MR) is 106 cm³/mol. The molecule has 0 atom stereocenters. The summed E-state index contributed by atoms with van der Waals surface area (Å²) in [5.41, 5.74) is -0.592. The van der Waals surface area contributed by atoms with Gasteiger partial charge in [0.05, 0.1) is 21.9 Å². The Balaban J connectivity index is 1.44. The van der Waals surface area contributed by atoms with E-state index < -0.39 is 17.1 Å². The smallest absolute Gasteiger partial charge is 0.328 e. The van der Waals surface area contributed by atoms with Crippen molar-refractivity contribution in [2.45, 2.75) is 19.4 Å². The molecule has 0 unspecified atom stereocenters. The highest BCUT2D eigenvalue weighted by molar-refractivity contribution is 6.43. The number of nitrogens with one attached hydrogen (secondary N) is 1. The minimum atomic E-state index is -0.978. The first-order chi connectivity index (χ1) is 13.0. The highest BCUT2D eigenvalue weighted by atomic mass is 35.5. The Kier molecular flexibility index (Phi) is 6.57. The van der Waals surface area contributed by atoms with Gasteiger partial charge in [-0.05, 0) is 31.5 Å². The van der Waals surface area contributed by atoms with Crippen LogP contribution in [0, 0.1) is 5.82 Å². The fourth-order valence-electron chi connectivity index (χ4n) is 3.22. The lowest BCUT2D eigenvalue weighted by Gasteiger charge is -2.36. The molecule has 1 aromatic heterocycles. The Morgan fingerprint density at radius 2 is 1.74 bits per heavy atom. The second-order valence-electron chi connectivity index (χ2n) is 6.54. The molecule has 0 aliphatic carbocycles. The zero-order valence-electron chi connectivity index (χ0n) is 14.8. The van der Waals surface area contributed by atoms with Crippen molar-refractivity contribution in [2.24, 2.45) is 0 Å². The van der Waals surface area contributed by atoms with Crippen LogP contribution in [0.15, 0.2) is 34.0 Å². The molecule has 3 rings (SSSR count). The van der Waals surface area contributed by atoms with Crippen LogP contribution in [0.2, 0.25) is 10.0 Å². The number of benzene rings is 1. The van der Waals surface area contributed by atoms with E-state index in [2.05, 4.69) is 9.80 Å². The summed E-state index contributed by atoms with van der Waals surface area (Å²) in [6.07, 6.45) is 2.57. The van der Waals surface area contributed by atoms with Crippen molar-refractivity contribution in [1.82, 2.24) is 14.5 Å². The molecule has 6 nitrogen and oxygen atoms in total. The van der Waals surface area contributed by atoms with Gasteiger partial charge in [-0.15, -0.1) is 0 Å². The van der Waals surface area contributed by atoms with E-state index in [1.165, 1.54) is 4.57 Å². The molecule has 0 bridgehead atoms. The summed E-state index contributed by atoms with van der Waals surface area (Å²) in [4.78, 5) is 29.2. The van der Waals surface area contributed by atoms with Crippen molar-refractivity contribution >= 4 is 28.9 Å². The molecule has 0 radical (unpaired) electrons. The summed E-state index contributed by atoms with van der Waals surface area (Å²) in [6, 6.07) is 5.66. The molecule has 1 aliphatic rings. The molecule has 1 saturated heterocycles. The molecule has 1 aliphatic heterocycles. The number of nitrogens with zero attached hydrogens (tertiary/aromatic N) is 3. The third-order valence-corrected chi connectivity index (χ3v) is 5.54.